The van der Waals surface area contributed by atoms with Crippen molar-refractivity contribution in [2.75, 3.05) is 24.1 Å². The van der Waals surface area contributed by atoms with Gasteiger partial charge in [-0.05, 0) is 37.5 Å². The number of hydrogen-bond acceptors (Lipinski definition) is 4. The summed E-state index contributed by atoms with van der Waals surface area (Å²) in [5.74, 6) is 0.0562. The van der Waals surface area contributed by atoms with Gasteiger partial charge in [-0.2, -0.15) is 0 Å². The van der Waals surface area contributed by atoms with Gasteiger partial charge in [0, 0.05) is 19.5 Å². The maximum Gasteiger partial charge on any atom is 0.245 e. The van der Waals surface area contributed by atoms with Crippen molar-refractivity contribution in [2.24, 2.45) is 0 Å². The summed E-state index contributed by atoms with van der Waals surface area (Å²) in [5.41, 5.74) is 9.76. The van der Waals surface area contributed by atoms with E-state index >= 15 is 0 Å². The lowest BCUT2D eigenvalue weighted by Crippen LogP contribution is -2.48. The fraction of sp³-hybridized carbons (Fsp3) is 0.381. The molecule has 1 saturated heterocycles. The van der Waals surface area contributed by atoms with E-state index in [1.54, 1.807) is 0 Å². The van der Waals surface area contributed by atoms with Crippen molar-refractivity contribution in [3.63, 3.8) is 0 Å². The number of likely N-dealkylation sites (tertiary alicyclic amines) is 1. The van der Waals surface area contributed by atoms with Crippen LogP contribution in [0.4, 0.5) is 11.4 Å². The summed E-state index contributed by atoms with van der Waals surface area (Å²) < 4.78 is 0. The standard InChI is InChI=1S/C21H27N3O2/c1-15-6-8-16(9-7-15)14-20(23-19-5-3-2-4-18(19)22)21(26)24-12-10-17(25)11-13-24/h2-9,17,20,23,25H,10-14,22H2,1H3/t20-/m0/s1. The third kappa shape index (κ3) is 4.55. The van der Waals surface area contributed by atoms with Gasteiger partial charge in [0.1, 0.15) is 6.04 Å². The number of rotatable bonds is 5. The van der Waals surface area contributed by atoms with E-state index in [0.29, 0.717) is 38.0 Å². The Balaban J connectivity index is 1.79. The molecule has 0 radical (unpaired) electrons. The van der Waals surface area contributed by atoms with Crippen molar-refractivity contribution < 1.29 is 9.90 Å². The maximum atomic E-state index is 13.1. The predicted octanol–water partition coefficient (Wildman–Crippen LogP) is 2.58. The van der Waals surface area contributed by atoms with Gasteiger partial charge in [-0.15, -0.1) is 0 Å². The number of carbonyl (C=O) groups excluding carboxylic acids is 1. The summed E-state index contributed by atoms with van der Waals surface area (Å²) in [6, 6.07) is 15.4. The number of nitrogens with zero attached hydrogens (tertiary/aromatic N) is 1. The van der Waals surface area contributed by atoms with Gasteiger partial charge < -0.3 is 21.1 Å². The molecule has 1 amide bonds. The van der Waals surface area contributed by atoms with Crippen LogP contribution in [0.15, 0.2) is 48.5 Å². The van der Waals surface area contributed by atoms with Crippen LogP contribution in [-0.2, 0) is 11.2 Å². The number of aryl methyl sites for hydroxylation is 1. The quantitative estimate of drug-likeness (QED) is 0.722. The molecular formula is C21H27N3O2. The minimum Gasteiger partial charge on any atom is -0.397 e. The minimum absolute atomic E-state index is 0.0562. The zero-order valence-electron chi connectivity index (χ0n) is 15.2. The van der Waals surface area contributed by atoms with Gasteiger partial charge >= 0.3 is 0 Å². The normalized spacial score (nSPS) is 16.3. The van der Waals surface area contributed by atoms with Crippen molar-refractivity contribution in [1.29, 1.82) is 0 Å². The molecule has 2 aromatic carbocycles. The predicted molar refractivity (Wildman–Crippen MR) is 105 cm³/mol. The fourth-order valence-electron chi connectivity index (χ4n) is 3.28. The van der Waals surface area contributed by atoms with E-state index in [0.717, 1.165) is 11.3 Å². The summed E-state index contributed by atoms with van der Waals surface area (Å²) in [6.45, 7) is 3.24. The molecule has 3 rings (SSSR count). The van der Waals surface area contributed by atoms with Crippen LogP contribution in [0.5, 0.6) is 0 Å². The molecule has 5 nitrogen and oxygen atoms in total. The molecule has 5 heteroatoms. The second-order valence-corrected chi connectivity index (χ2v) is 7.03. The molecule has 0 aromatic heterocycles. The molecule has 0 unspecified atom stereocenters. The number of anilines is 2. The molecule has 0 saturated carbocycles. The smallest absolute Gasteiger partial charge is 0.245 e. The van der Waals surface area contributed by atoms with Crippen molar-refractivity contribution >= 4 is 17.3 Å². The molecule has 1 atom stereocenters. The number of nitrogens with one attached hydrogen (secondary N) is 1. The van der Waals surface area contributed by atoms with Gasteiger partial charge in [-0.1, -0.05) is 42.0 Å². The SMILES string of the molecule is Cc1ccc(C[C@H](Nc2ccccc2N)C(=O)N2CCC(O)CC2)cc1. The van der Waals surface area contributed by atoms with Crippen molar-refractivity contribution in [1.82, 2.24) is 4.90 Å². The van der Waals surface area contributed by atoms with Crippen molar-refractivity contribution in [2.45, 2.75) is 38.3 Å². The van der Waals surface area contributed by atoms with Crippen LogP contribution in [0.1, 0.15) is 24.0 Å². The molecule has 1 aliphatic rings. The van der Waals surface area contributed by atoms with Crippen LogP contribution in [0, 0.1) is 6.92 Å². The zero-order chi connectivity index (χ0) is 18.5. The van der Waals surface area contributed by atoms with Crippen LogP contribution >= 0.6 is 0 Å². The average molecular weight is 353 g/mol. The number of amides is 1. The molecule has 1 fully saturated rings. The first kappa shape index (κ1) is 18.3. The lowest BCUT2D eigenvalue weighted by Gasteiger charge is -2.33. The van der Waals surface area contributed by atoms with Crippen molar-refractivity contribution in [3.05, 3.63) is 59.7 Å². The van der Waals surface area contributed by atoms with E-state index in [1.165, 1.54) is 5.56 Å². The highest BCUT2D eigenvalue weighted by atomic mass is 16.3. The Morgan fingerprint density at radius 3 is 2.50 bits per heavy atom. The Morgan fingerprint density at radius 2 is 1.85 bits per heavy atom. The number of aliphatic hydroxyl groups is 1. The third-order valence-electron chi connectivity index (χ3n) is 4.93. The molecule has 0 spiro atoms. The lowest BCUT2D eigenvalue weighted by molar-refractivity contribution is -0.134. The molecule has 0 bridgehead atoms. The Labute approximate surface area is 154 Å². The number of carbonyl (C=O) groups is 1. The minimum atomic E-state index is -0.391. The summed E-state index contributed by atoms with van der Waals surface area (Å²) in [7, 11) is 0. The van der Waals surface area contributed by atoms with Gasteiger partial charge in [0.05, 0.1) is 17.5 Å². The van der Waals surface area contributed by atoms with Crippen LogP contribution < -0.4 is 11.1 Å². The Morgan fingerprint density at radius 1 is 1.19 bits per heavy atom. The monoisotopic (exact) mass is 353 g/mol. The third-order valence-corrected chi connectivity index (χ3v) is 4.93. The number of para-hydroxylation sites is 2. The highest BCUT2D eigenvalue weighted by Gasteiger charge is 2.28. The van der Waals surface area contributed by atoms with Crippen LogP contribution in [0.25, 0.3) is 0 Å². The second kappa shape index (κ2) is 8.23. The molecule has 4 N–H and O–H groups in total. The maximum absolute atomic E-state index is 13.1. The van der Waals surface area contributed by atoms with Gasteiger partial charge in [-0.3, -0.25) is 4.79 Å². The Kier molecular flexibility index (Phi) is 5.78. The number of nitrogens with two attached hydrogens (primary N) is 1. The van der Waals surface area contributed by atoms with E-state index in [1.807, 2.05) is 36.1 Å². The van der Waals surface area contributed by atoms with Crippen LogP contribution in [-0.4, -0.2) is 41.1 Å². The molecule has 1 aliphatic heterocycles. The van der Waals surface area contributed by atoms with Crippen molar-refractivity contribution in [3.8, 4) is 0 Å². The molecule has 2 aromatic rings. The number of hydrogen-bond donors (Lipinski definition) is 3. The van der Waals surface area contributed by atoms with E-state index < -0.39 is 6.04 Å². The highest BCUT2D eigenvalue weighted by Crippen LogP contribution is 2.21. The Bertz CT molecular complexity index is 737. The number of aliphatic hydroxyl groups excluding tert-OH is 1. The molecule has 26 heavy (non-hydrogen) atoms. The number of nitrogen functional groups attached to an aromatic ring is 1. The van der Waals surface area contributed by atoms with Crippen LogP contribution in [0.3, 0.4) is 0 Å². The second-order valence-electron chi connectivity index (χ2n) is 7.03. The topological polar surface area (TPSA) is 78.6 Å². The van der Waals surface area contributed by atoms with Gasteiger partial charge in [-0.25, -0.2) is 0 Å². The van der Waals surface area contributed by atoms with Gasteiger partial charge in [0.15, 0.2) is 0 Å². The first-order chi connectivity index (χ1) is 12.5. The first-order valence-electron chi connectivity index (χ1n) is 9.16. The number of piperidine rings is 1. The van der Waals surface area contributed by atoms with Gasteiger partial charge in [0.25, 0.3) is 0 Å². The summed E-state index contributed by atoms with van der Waals surface area (Å²) >= 11 is 0. The summed E-state index contributed by atoms with van der Waals surface area (Å²) in [6.07, 6.45) is 1.56. The highest BCUT2D eigenvalue weighted by molar-refractivity contribution is 5.86. The average Bonchev–Trinajstić information content (AvgIpc) is 2.65. The first-order valence-corrected chi connectivity index (χ1v) is 9.16. The molecular weight excluding hydrogens is 326 g/mol. The Hall–Kier alpha value is -2.53. The summed E-state index contributed by atoms with van der Waals surface area (Å²) in [4.78, 5) is 15.0. The van der Waals surface area contributed by atoms with E-state index in [9.17, 15) is 9.90 Å². The largest absolute Gasteiger partial charge is 0.397 e. The summed E-state index contributed by atoms with van der Waals surface area (Å²) in [5, 5.41) is 13.0. The zero-order valence-corrected chi connectivity index (χ0v) is 15.2. The molecule has 1 heterocycles. The molecule has 138 valence electrons. The fourth-order valence-corrected chi connectivity index (χ4v) is 3.28. The number of benzene rings is 2. The van der Waals surface area contributed by atoms with Crippen LogP contribution in [0.2, 0.25) is 0 Å². The molecule has 0 aliphatic carbocycles. The van der Waals surface area contributed by atoms with Gasteiger partial charge in [0.2, 0.25) is 5.91 Å². The van der Waals surface area contributed by atoms with E-state index in [2.05, 4.69) is 29.6 Å². The van der Waals surface area contributed by atoms with E-state index in [4.69, 9.17) is 5.73 Å². The lowest BCUT2D eigenvalue weighted by atomic mass is 10.0. The van der Waals surface area contributed by atoms with E-state index in [-0.39, 0.29) is 12.0 Å².